The van der Waals surface area contributed by atoms with Gasteiger partial charge in [0, 0.05) is 16.6 Å². The van der Waals surface area contributed by atoms with E-state index in [1.165, 1.54) is 0 Å². The molecule has 0 atom stereocenters. The smallest absolute Gasteiger partial charge is 0.0875 e. The van der Waals surface area contributed by atoms with Crippen molar-refractivity contribution in [3.05, 3.63) is 58.6 Å². The highest BCUT2D eigenvalue weighted by molar-refractivity contribution is 6.30. The maximum absolute atomic E-state index is 5.86. The summed E-state index contributed by atoms with van der Waals surface area (Å²) < 4.78 is 0. The van der Waals surface area contributed by atoms with E-state index < -0.39 is 0 Å². The highest BCUT2D eigenvalue weighted by Crippen LogP contribution is 2.21. The van der Waals surface area contributed by atoms with E-state index in [2.05, 4.69) is 10.3 Å². The van der Waals surface area contributed by atoms with Crippen LogP contribution in [0.15, 0.2) is 58.9 Å². The molecule has 0 aliphatic carbocycles. The number of hydrogen-bond donors (Lipinski definition) is 0. The number of halogens is 2. The average molecular weight is 294 g/mol. The Balaban J connectivity index is 2.14. The summed E-state index contributed by atoms with van der Waals surface area (Å²) in [6.45, 7) is 2.73. The first kappa shape index (κ1) is 13.8. The van der Waals surface area contributed by atoms with E-state index in [-0.39, 0.29) is 0 Å². The van der Waals surface area contributed by atoms with Crippen LogP contribution in [-0.2, 0) is 0 Å². The van der Waals surface area contributed by atoms with Crippen molar-refractivity contribution in [1.29, 1.82) is 0 Å². The Labute approximate surface area is 122 Å². The van der Waals surface area contributed by atoms with Gasteiger partial charge in [0.25, 0.3) is 0 Å². The minimum absolute atomic E-state index is 0.684. The molecule has 5 heteroatoms. The Morgan fingerprint density at radius 1 is 0.895 bits per heavy atom. The van der Waals surface area contributed by atoms with E-state index in [4.69, 9.17) is 23.2 Å². The van der Waals surface area contributed by atoms with Gasteiger partial charge in [-0.25, -0.2) is 5.01 Å². The van der Waals surface area contributed by atoms with Crippen molar-refractivity contribution < 1.29 is 0 Å². The fourth-order valence-corrected chi connectivity index (χ4v) is 1.78. The lowest BCUT2D eigenvalue weighted by molar-refractivity contribution is 0.835. The van der Waals surface area contributed by atoms with Gasteiger partial charge in [0.15, 0.2) is 0 Å². The van der Waals surface area contributed by atoms with E-state index in [1.54, 1.807) is 17.1 Å². The summed E-state index contributed by atoms with van der Waals surface area (Å²) in [4.78, 5) is 0. The SMILES string of the molecule is CCN(N=Nc1ccc(Cl)cc1)c1ccc(Cl)cc1. The molecule has 0 heterocycles. The molecule has 0 N–H and O–H groups in total. The number of nitrogens with zero attached hydrogens (tertiary/aromatic N) is 3. The van der Waals surface area contributed by atoms with Crippen molar-refractivity contribution in [2.45, 2.75) is 6.92 Å². The molecule has 0 amide bonds. The summed E-state index contributed by atoms with van der Waals surface area (Å²) in [5.74, 6) is 0. The minimum atomic E-state index is 0.684. The topological polar surface area (TPSA) is 28.0 Å². The minimum Gasteiger partial charge on any atom is -0.247 e. The van der Waals surface area contributed by atoms with Crippen LogP contribution in [0.1, 0.15) is 6.92 Å². The fourth-order valence-electron chi connectivity index (χ4n) is 1.52. The van der Waals surface area contributed by atoms with Gasteiger partial charge in [-0.15, -0.1) is 5.11 Å². The normalized spacial score (nSPS) is 10.9. The molecule has 2 aromatic carbocycles. The van der Waals surface area contributed by atoms with Crippen molar-refractivity contribution in [3.8, 4) is 0 Å². The van der Waals surface area contributed by atoms with Gasteiger partial charge in [-0.05, 0) is 55.5 Å². The molecule has 0 saturated heterocycles. The maximum atomic E-state index is 5.86. The fraction of sp³-hybridized carbons (Fsp3) is 0.143. The van der Waals surface area contributed by atoms with Crippen molar-refractivity contribution in [2.75, 3.05) is 11.6 Å². The van der Waals surface area contributed by atoms with Crippen LogP contribution in [0.3, 0.4) is 0 Å². The van der Waals surface area contributed by atoms with E-state index in [9.17, 15) is 0 Å². The molecule has 19 heavy (non-hydrogen) atoms. The molecule has 0 saturated carbocycles. The molecule has 3 nitrogen and oxygen atoms in total. The molecular weight excluding hydrogens is 281 g/mol. The van der Waals surface area contributed by atoms with Crippen LogP contribution in [-0.4, -0.2) is 6.54 Å². The highest BCUT2D eigenvalue weighted by Gasteiger charge is 2.02. The highest BCUT2D eigenvalue weighted by atomic mass is 35.5. The Kier molecular flexibility index (Phi) is 4.77. The molecule has 0 aromatic heterocycles. The quantitative estimate of drug-likeness (QED) is 0.539. The van der Waals surface area contributed by atoms with E-state index in [0.29, 0.717) is 10.0 Å². The standard InChI is InChI=1S/C14H13Cl2N3/c1-2-19(14-9-5-12(16)6-10-14)18-17-13-7-3-11(15)4-8-13/h3-10H,2H2,1H3. The molecule has 0 bridgehead atoms. The second kappa shape index (κ2) is 6.55. The molecule has 0 spiro atoms. The summed E-state index contributed by atoms with van der Waals surface area (Å²) >= 11 is 11.7. The first-order valence-corrected chi connectivity index (χ1v) is 6.65. The van der Waals surface area contributed by atoms with Gasteiger partial charge in [0.05, 0.1) is 11.4 Å². The van der Waals surface area contributed by atoms with Crippen LogP contribution in [0, 0.1) is 0 Å². The van der Waals surface area contributed by atoms with Crippen molar-refractivity contribution in [1.82, 2.24) is 0 Å². The van der Waals surface area contributed by atoms with Crippen molar-refractivity contribution in [3.63, 3.8) is 0 Å². The molecule has 2 aromatic rings. The number of benzene rings is 2. The van der Waals surface area contributed by atoms with Gasteiger partial charge in [-0.1, -0.05) is 28.4 Å². The average Bonchev–Trinajstić information content (AvgIpc) is 2.43. The van der Waals surface area contributed by atoms with Gasteiger partial charge in [0.1, 0.15) is 0 Å². The molecule has 0 aliphatic heterocycles. The molecule has 0 radical (unpaired) electrons. The molecule has 98 valence electrons. The predicted molar refractivity (Wildman–Crippen MR) is 80.4 cm³/mol. The summed E-state index contributed by atoms with van der Waals surface area (Å²) in [6.07, 6.45) is 0. The Bertz CT molecular complexity index is 550. The lowest BCUT2D eigenvalue weighted by Gasteiger charge is -2.15. The van der Waals surface area contributed by atoms with Gasteiger partial charge < -0.3 is 0 Å². The van der Waals surface area contributed by atoms with Gasteiger partial charge in [0.2, 0.25) is 0 Å². The number of rotatable bonds is 4. The molecular formula is C14H13Cl2N3. The van der Waals surface area contributed by atoms with Crippen LogP contribution < -0.4 is 5.01 Å². The molecule has 0 fully saturated rings. The largest absolute Gasteiger partial charge is 0.247 e. The zero-order chi connectivity index (χ0) is 13.7. The number of anilines is 1. The van der Waals surface area contributed by atoms with Crippen molar-refractivity contribution in [2.24, 2.45) is 10.3 Å². The van der Waals surface area contributed by atoms with Gasteiger partial charge in [-0.3, -0.25) is 0 Å². The van der Waals surface area contributed by atoms with Crippen LogP contribution >= 0.6 is 23.2 Å². The third-order valence-corrected chi connectivity index (χ3v) is 3.02. The van der Waals surface area contributed by atoms with Gasteiger partial charge >= 0.3 is 0 Å². The third-order valence-electron chi connectivity index (χ3n) is 2.52. The summed E-state index contributed by atoms with van der Waals surface area (Å²) in [7, 11) is 0. The lowest BCUT2D eigenvalue weighted by atomic mass is 10.3. The van der Waals surface area contributed by atoms with Crippen LogP contribution in [0.4, 0.5) is 11.4 Å². The Morgan fingerprint density at radius 3 is 1.95 bits per heavy atom. The zero-order valence-corrected chi connectivity index (χ0v) is 11.9. The zero-order valence-electron chi connectivity index (χ0n) is 10.4. The van der Waals surface area contributed by atoms with Crippen molar-refractivity contribution >= 4 is 34.6 Å². The first-order chi connectivity index (χ1) is 9.19. The van der Waals surface area contributed by atoms with E-state index in [0.717, 1.165) is 17.9 Å². The first-order valence-electron chi connectivity index (χ1n) is 5.89. The predicted octanol–water partition coefficient (Wildman–Crippen LogP) is 5.52. The number of hydrogen-bond acceptors (Lipinski definition) is 2. The van der Waals surface area contributed by atoms with Crippen LogP contribution in [0.25, 0.3) is 0 Å². The molecule has 2 rings (SSSR count). The van der Waals surface area contributed by atoms with Crippen LogP contribution in [0.2, 0.25) is 10.0 Å². The summed E-state index contributed by atoms with van der Waals surface area (Å²) in [6, 6.07) is 14.7. The third kappa shape index (κ3) is 3.94. The van der Waals surface area contributed by atoms with Crippen LogP contribution in [0.5, 0.6) is 0 Å². The van der Waals surface area contributed by atoms with Gasteiger partial charge in [-0.2, -0.15) is 0 Å². The Morgan fingerprint density at radius 2 is 1.42 bits per heavy atom. The monoisotopic (exact) mass is 293 g/mol. The Hall–Kier alpha value is -1.58. The summed E-state index contributed by atoms with van der Waals surface area (Å²) in [5, 5.41) is 11.6. The lowest BCUT2D eigenvalue weighted by Crippen LogP contribution is -2.13. The molecule has 0 unspecified atom stereocenters. The summed E-state index contributed by atoms with van der Waals surface area (Å²) in [5.41, 5.74) is 1.71. The van der Waals surface area contributed by atoms with E-state index >= 15 is 0 Å². The molecule has 0 aliphatic rings. The second-order valence-electron chi connectivity index (χ2n) is 3.86. The second-order valence-corrected chi connectivity index (χ2v) is 4.73. The van der Waals surface area contributed by atoms with E-state index in [1.807, 2.05) is 43.3 Å². The maximum Gasteiger partial charge on any atom is 0.0875 e.